The van der Waals surface area contributed by atoms with Gasteiger partial charge in [-0.3, -0.25) is 9.59 Å². The molecule has 1 aromatic carbocycles. The Balaban J connectivity index is 0.000000359. The van der Waals surface area contributed by atoms with E-state index in [9.17, 15) is 14.7 Å². The fourth-order valence-corrected chi connectivity index (χ4v) is 3.06. The van der Waals surface area contributed by atoms with Crippen LogP contribution in [0.25, 0.3) is 6.08 Å². The van der Waals surface area contributed by atoms with Gasteiger partial charge in [0.1, 0.15) is 6.04 Å². The van der Waals surface area contributed by atoms with Crippen LogP contribution in [-0.2, 0) is 9.59 Å². The standard InChI is InChI=1S/C16H20O3.C6H14N2O2/c1-11(16(18)19)13-8-6-12(7-9-13)10-14-4-2-3-5-15(14)17;7-4-2-1-3-5(8)6(9)10/h6-11,15,17H,2-5H2,1H3,(H,18,19);5H,1-4,7-8H2,(H,9,10). The van der Waals surface area contributed by atoms with E-state index in [0.717, 1.165) is 55.2 Å². The minimum atomic E-state index is -0.933. The van der Waals surface area contributed by atoms with Gasteiger partial charge < -0.3 is 26.8 Å². The van der Waals surface area contributed by atoms with Crippen LogP contribution in [-0.4, -0.2) is 45.9 Å². The Labute approximate surface area is 172 Å². The van der Waals surface area contributed by atoms with Crippen molar-refractivity contribution in [1.82, 2.24) is 0 Å². The van der Waals surface area contributed by atoms with Crippen molar-refractivity contribution in [3.8, 4) is 0 Å². The average Bonchev–Trinajstić information content (AvgIpc) is 2.70. The van der Waals surface area contributed by atoms with Gasteiger partial charge in [-0.15, -0.1) is 0 Å². The number of hydrogen-bond acceptors (Lipinski definition) is 5. The van der Waals surface area contributed by atoms with Crippen molar-refractivity contribution >= 4 is 18.0 Å². The Morgan fingerprint density at radius 1 is 1.14 bits per heavy atom. The molecule has 0 bridgehead atoms. The molecule has 0 amide bonds. The van der Waals surface area contributed by atoms with Crippen molar-refractivity contribution in [2.45, 2.75) is 69.9 Å². The smallest absolute Gasteiger partial charge is 0.320 e. The van der Waals surface area contributed by atoms with Crippen molar-refractivity contribution < 1.29 is 24.9 Å². The molecule has 1 aliphatic rings. The van der Waals surface area contributed by atoms with Gasteiger partial charge in [-0.25, -0.2) is 0 Å². The highest BCUT2D eigenvalue weighted by atomic mass is 16.4. The third kappa shape index (κ3) is 9.21. The van der Waals surface area contributed by atoms with Gasteiger partial charge in [-0.2, -0.15) is 0 Å². The normalized spacial score (nSPS) is 19.7. The number of carboxylic acid groups (broad SMARTS) is 2. The number of carbonyl (C=O) groups is 2. The van der Waals surface area contributed by atoms with E-state index < -0.39 is 23.9 Å². The van der Waals surface area contributed by atoms with Gasteiger partial charge >= 0.3 is 11.9 Å². The predicted molar refractivity (Wildman–Crippen MR) is 113 cm³/mol. The van der Waals surface area contributed by atoms with Gasteiger partial charge in [0.05, 0.1) is 12.0 Å². The van der Waals surface area contributed by atoms with Crippen LogP contribution in [0, 0.1) is 0 Å². The molecule has 0 radical (unpaired) electrons. The van der Waals surface area contributed by atoms with E-state index in [-0.39, 0.29) is 6.10 Å². The number of aliphatic hydroxyl groups excluding tert-OH is 1. The zero-order valence-corrected chi connectivity index (χ0v) is 17.1. The van der Waals surface area contributed by atoms with Gasteiger partial charge in [0.15, 0.2) is 0 Å². The molecule has 1 fully saturated rings. The topological polar surface area (TPSA) is 147 Å². The van der Waals surface area contributed by atoms with Crippen molar-refractivity contribution in [2.75, 3.05) is 6.54 Å². The van der Waals surface area contributed by atoms with Gasteiger partial charge in [-0.1, -0.05) is 43.2 Å². The lowest BCUT2D eigenvalue weighted by molar-refractivity contribution is -0.139. The van der Waals surface area contributed by atoms with E-state index in [1.807, 2.05) is 30.3 Å². The highest BCUT2D eigenvalue weighted by molar-refractivity contribution is 5.75. The van der Waals surface area contributed by atoms with E-state index >= 15 is 0 Å². The number of aliphatic carboxylic acids is 2. The van der Waals surface area contributed by atoms with E-state index in [0.29, 0.717) is 13.0 Å². The second-order valence-electron chi connectivity index (χ2n) is 7.44. The van der Waals surface area contributed by atoms with Crippen LogP contribution in [0.4, 0.5) is 0 Å². The van der Waals surface area contributed by atoms with E-state index in [4.69, 9.17) is 21.7 Å². The molecule has 0 spiro atoms. The number of nitrogens with two attached hydrogens (primary N) is 2. The fraction of sp³-hybridized carbons (Fsp3) is 0.545. The summed E-state index contributed by atoms with van der Waals surface area (Å²) in [5.41, 5.74) is 13.3. The largest absolute Gasteiger partial charge is 0.481 e. The minimum Gasteiger partial charge on any atom is -0.481 e. The molecule has 7 nitrogen and oxygen atoms in total. The number of aliphatic hydroxyl groups is 1. The van der Waals surface area contributed by atoms with Crippen LogP contribution in [0.5, 0.6) is 0 Å². The van der Waals surface area contributed by atoms with Crippen LogP contribution in [0.3, 0.4) is 0 Å². The quantitative estimate of drug-likeness (QED) is 0.417. The third-order valence-electron chi connectivity index (χ3n) is 5.07. The van der Waals surface area contributed by atoms with Crippen molar-refractivity contribution in [3.05, 3.63) is 41.0 Å². The van der Waals surface area contributed by atoms with Crippen LogP contribution in [0.2, 0.25) is 0 Å². The number of carboxylic acids is 2. The summed E-state index contributed by atoms with van der Waals surface area (Å²) in [5, 5.41) is 27.2. The Morgan fingerprint density at radius 2 is 1.79 bits per heavy atom. The second-order valence-corrected chi connectivity index (χ2v) is 7.44. The molecule has 162 valence electrons. The first-order chi connectivity index (χ1) is 13.8. The van der Waals surface area contributed by atoms with Crippen LogP contribution >= 0.6 is 0 Å². The summed E-state index contributed by atoms with van der Waals surface area (Å²) < 4.78 is 0. The van der Waals surface area contributed by atoms with Gasteiger partial charge in [0.2, 0.25) is 0 Å². The van der Waals surface area contributed by atoms with Crippen LogP contribution in [0.1, 0.15) is 68.9 Å². The maximum atomic E-state index is 10.9. The van der Waals surface area contributed by atoms with E-state index in [1.54, 1.807) is 6.92 Å². The first-order valence-corrected chi connectivity index (χ1v) is 10.2. The molecule has 0 aromatic heterocycles. The molecule has 1 aliphatic carbocycles. The van der Waals surface area contributed by atoms with Gasteiger partial charge in [-0.05, 0) is 62.3 Å². The lowest BCUT2D eigenvalue weighted by Crippen LogP contribution is -2.29. The van der Waals surface area contributed by atoms with Crippen LogP contribution < -0.4 is 11.5 Å². The molecular formula is C22H34N2O5. The molecule has 3 atom stereocenters. The maximum absolute atomic E-state index is 10.9. The molecule has 7 N–H and O–H groups in total. The van der Waals surface area contributed by atoms with E-state index in [2.05, 4.69) is 0 Å². The molecule has 0 heterocycles. The summed E-state index contributed by atoms with van der Waals surface area (Å²) in [4.78, 5) is 21.0. The third-order valence-corrected chi connectivity index (χ3v) is 5.07. The first kappa shape index (κ1) is 24.8. The van der Waals surface area contributed by atoms with Crippen molar-refractivity contribution in [2.24, 2.45) is 11.5 Å². The van der Waals surface area contributed by atoms with Crippen molar-refractivity contribution in [1.29, 1.82) is 0 Å². The van der Waals surface area contributed by atoms with Gasteiger partial charge in [0, 0.05) is 0 Å². The molecule has 0 saturated heterocycles. The highest BCUT2D eigenvalue weighted by Gasteiger charge is 2.16. The second kappa shape index (κ2) is 13.1. The Bertz CT molecular complexity index is 672. The molecule has 0 aliphatic heterocycles. The SMILES string of the molecule is CC(C(=O)O)c1ccc(C=C2CCCCC2O)cc1.NCCCCC(N)C(=O)O. The summed E-state index contributed by atoms with van der Waals surface area (Å²) in [5.74, 6) is -2.23. The number of benzene rings is 1. The Morgan fingerprint density at radius 3 is 2.31 bits per heavy atom. The van der Waals surface area contributed by atoms with Crippen LogP contribution in [0.15, 0.2) is 29.8 Å². The zero-order chi connectivity index (χ0) is 21.8. The monoisotopic (exact) mass is 406 g/mol. The Hall–Kier alpha value is -2.22. The lowest BCUT2D eigenvalue weighted by Gasteiger charge is -2.20. The number of unbranched alkanes of at least 4 members (excludes halogenated alkanes) is 1. The lowest BCUT2D eigenvalue weighted by atomic mass is 9.90. The fourth-order valence-electron chi connectivity index (χ4n) is 3.06. The Kier molecular flexibility index (Phi) is 11.2. The van der Waals surface area contributed by atoms with Gasteiger partial charge in [0.25, 0.3) is 0 Å². The summed E-state index contributed by atoms with van der Waals surface area (Å²) >= 11 is 0. The zero-order valence-electron chi connectivity index (χ0n) is 17.1. The van der Waals surface area contributed by atoms with E-state index in [1.165, 1.54) is 0 Å². The molecule has 3 unspecified atom stereocenters. The average molecular weight is 407 g/mol. The molecule has 1 saturated carbocycles. The summed E-state index contributed by atoms with van der Waals surface area (Å²) in [7, 11) is 0. The highest BCUT2D eigenvalue weighted by Crippen LogP contribution is 2.26. The molecular weight excluding hydrogens is 372 g/mol. The number of hydrogen-bond donors (Lipinski definition) is 5. The minimum absolute atomic E-state index is 0.314. The van der Waals surface area contributed by atoms with Crippen molar-refractivity contribution in [3.63, 3.8) is 0 Å². The predicted octanol–water partition coefficient (Wildman–Crippen LogP) is 2.72. The number of rotatable bonds is 8. The molecule has 29 heavy (non-hydrogen) atoms. The molecule has 2 rings (SSSR count). The molecule has 1 aromatic rings. The summed E-state index contributed by atoms with van der Waals surface area (Å²) in [6.45, 7) is 2.28. The first-order valence-electron chi connectivity index (χ1n) is 10.2. The molecule has 7 heteroatoms. The summed E-state index contributed by atoms with van der Waals surface area (Å²) in [6, 6.07) is 6.82. The maximum Gasteiger partial charge on any atom is 0.320 e. The summed E-state index contributed by atoms with van der Waals surface area (Å²) in [6.07, 6.45) is 7.90.